The Hall–Kier alpha value is -0.680. The van der Waals surface area contributed by atoms with E-state index in [0.29, 0.717) is 19.6 Å². The summed E-state index contributed by atoms with van der Waals surface area (Å²) in [4.78, 5) is 11.8. The Morgan fingerprint density at radius 1 is 1.53 bits per heavy atom. The average Bonchev–Trinajstić information content (AvgIpc) is 2.15. The maximum Gasteiger partial charge on any atom is 0.230 e. The molecular weight excluding hydrogens is 212 g/mol. The summed E-state index contributed by atoms with van der Waals surface area (Å²) in [6.45, 7) is 6.85. The van der Waals surface area contributed by atoms with Gasteiger partial charge in [0.05, 0.1) is 17.0 Å². The molecule has 1 amide bonds. The molecule has 88 valence electrons. The predicted molar refractivity (Wildman–Crippen MR) is 64.7 cm³/mol. The van der Waals surface area contributed by atoms with Gasteiger partial charge in [0.1, 0.15) is 0 Å². The Kier molecular flexibility index (Phi) is 7.25. The van der Waals surface area contributed by atoms with Crippen molar-refractivity contribution < 1.29 is 9.53 Å². The molecule has 2 atom stereocenters. The third-order valence-corrected chi connectivity index (χ3v) is 2.37. The maximum absolute atomic E-state index is 11.6. The Morgan fingerprint density at radius 2 is 2.13 bits per heavy atom. The molecule has 0 saturated heterocycles. The first-order chi connectivity index (χ1) is 7.02. The molecule has 0 bridgehead atoms. The average molecular weight is 232 g/mol. The van der Waals surface area contributed by atoms with Crippen molar-refractivity contribution in [3.8, 4) is 0 Å². The molecular formula is C10H20N2O2S. The van der Waals surface area contributed by atoms with Crippen LogP contribution in [0.1, 0.15) is 27.2 Å². The van der Waals surface area contributed by atoms with Gasteiger partial charge in [-0.3, -0.25) is 4.79 Å². The highest BCUT2D eigenvalue weighted by atomic mass is 32.1. The first-order valence-corrected chi connectivity index (χ1v) is 5.62. The summed E-state index contributed by atoms with van der Waals surface area (Å²) in [6, 6.07) is 0. The van der Waals surface area contributed by atoms with Crippen LogP contribution in [-0.4, -0.2) is 30.2 Å². The molecule has 0 aliphatic carbocycles. The number of hydrogen-bond acceptors (Lipinski definition) is 3. The highest BCUT2D eigenvalue weighted by Crippen LogP contribution is 2.02. The number of carbonyl (C=O) groups excluding carboxylic acids is 1. The second-order valence-electron chi connectivity index (χ2n) is 3.37. The van der Waals surface area contributed by atoms with Crippen LogP contribution >= 0.6 is 12.2 Å². The monoisotopic (exact) mass is 232 g/mol. The van der Waals surface area contributed by atoms with Gasteiger partial charge in [-0.25, -0.2) is 0 Å². The molecule has 0 aliphatic rings. The van der Waals surface area contributed by atoms with Crippen LogP contribution in [0.15, 0.2) is 0 Å². The van der Waals surface area contributed by atoms with E-state index in [1.54, 1.807) is 0 Å². The minimum Gasteiger partial charge on any atom is -0.393 e. The summed E-state index contributed by atoms with van der Waals surface area (Å²) < 4.78 is 5.29. The molecule has 0 radical (unpaired) electrons. The predicted octanol–water partition coefficient (Wildman–Crippen LogP) is 0.840. The quantitative estimate of drug-likeness (QED) is 0.638. The smallest absolute Gasteiger partial charge is 0.230 e. The Morgan fingerprint density at radius 3 is 2.53 bits per heavy atom. The Bertz CT molecular complexity index is 221. The molecule has 5 heteroatoms. The molecule has 2 unspecified atom stereocenters. The molecule has 0 aromatic carbocycles. The first-order valence-electron chi connectivity index (χ1n) is 5.21. The van der Waals surface area contributed by atoms with Crippen molar-refractivity contribution in [2.24, 2.45) is 11.7 Å². The van der Waals surface area contributed by atoms with Crippen LogP contribution in [0.5, 0.6) is 0 Å². The number of hydrogen-bond donors (Lipinski definition) is 2. The van der Waals surface area contributed by atoms with E-state index in [9.17, 15) is 4.79 Å². The molecule has 0 aromatic rings. The van der Waals surface area contributed by atoms with E-state index in [1.165, 1.54) is 0 Å². The van der Waals surface area contributed by atoms with Crippen LogP contribution in [0.3, 0.4) is 0 Å². The van der Waals surface area contributed by atoms with Crippen LogP contribution in [0.4, 0.5) is 0 Å². The fraction of sp³-hybridized carbons (Fsp3) is 0.800. The van der Waals surface area contributed by atoms with Gasteiger partial charge in [-0.1, -0.05) is 19.1 Å². The second-order valence-corrected chi connectivity index (χ2v) is 3.85. The molecule has 0 spiro atoms. The van der Waals surface area contributed by atoms with Crippen molar-refractivity contribution in [1.82, 2.24) is 5.32 Å². The standard InChI is InChI=1S/C10H20N2O2S/c1-4-8(9(11)15)10(13)12-6-7(3)14-5-2/h7-8H,4-6H2,1-3H3,(H2,11,15)(H,12,13). The number of carbonyl (C=O) groups is 1. The molecule has 3 N–H and O–H groups in total. The molecule has 0 aliphatic heterocycles. The molecule has 0 heterocycles. The molecule has 15 heavy (non-hydrogen) atoms. The molecule has 4 nitrogen and oxygen atoms in total. The lowest BCUT2D eigenvalue weighted by molar-refractivity contribution is -0.123. The molecule has 0 aromatic heterocycles. The molecule has 0 rings (SSSR count). The van der Waals surface area contributed by atoms with Gasteiger partial charge in [0, 0.05) is 13.2 Å². The van der Waals surface area contributed by atoms with E-state index >= 15 is 0 Å². The summed E-state index contributed by atoms with van der Waals surface area (Å²) in [6.07, 6.45) is 0.646. The third-order valence-electron chi connectivity index (χ3n) is 2.08. The first kappa shape index (κ1) is 14.3. The minimum absolute atomic E-state index is 0.0165. The number of thiocarbonyl (C=S) groups is 1. The van der Waals surface area contributed by atoms with Gasteiger partial charge in [0.2, 0.25) is 5.91 Å². The number of nitrogens with two attached hydrogens (primary N) is 1. The third kappa shape index (κ3) is 5.69. The van der Waals surface area contributed by atoms with Crippen LogP contribution in [0.25, 0.3) is 0 Å². The molecule has 0 saturated carbocycles. The largest absolute Gasteiger partial charge is 0.393 e. The summed E-state index contributed by atoms with van der Waals surface area (Å²) >= 11 is 4.81. The highest BCUT2D eigenvalue weighted by molar-refractivity contribution is 7.80. The zero-order valence-corrected chi connectivity index (χ0v) is 10.4. The lowest BCUT2D eigenvalue weighted by atomic mass is 10.1. The zero-order chi connectivity index (χ0) is 11.8. The van der Waals surface area contributed by atoms with E-state index in [-0.39, 0.29) is 22.9 Å². The van der Waals surface area contributed by atoms with Crippen LogP contribution < -0.4 is 11.1 Å². The topological polar surface area (TPSA) is 64.3 Å². The molecule has 0 fully saturated rings. The van der Waals surface area contributed by atoms with Gasteiger partial charge >= 0.3 is 0 Å². The van der Waals surface area contributed by atoms with Gasteiger partial charge in [-0.05, 0) is 20.3 Å². The van der Waals surface area contributed by atoms with Gasteiger partial charge < -0.3 is 15.8 Å². The fourth-order valence-electron chi connectivity index (χ4n) is 1.23. The maximum atomic E-state index is 11.6. The fourth-order valence-corrected chi connectivity index (χ4v) is 1.50. The van der Waals surface area contributed by atoms with E-state index < -0.39 is 0 Å². The number of nitrogens with one attached hydrogen (secondary N) is 1. The van der Waals surface area contributed by atoms with Gasteiger partial charge in [0.25, 0.3) is 0 Å². The van der Waals surface area contributed by atoms with Gasteiger partial charge in [-0.15, -0.1) is 0 Å². The van der Waals surface area contributed by atoms with Gasteiger partial charge in [0.15, 0.2) is 0 Å². The zero-order valence-electron chi connectivity index (χ0n) is 9.58. The van der Waals surface area contributed by atoms with Crippen LogP contribution in [0.2, 0.25) is 0 Å². The van der Waals surface area contributed by atoms with Crippen LogP contribution in [-0.2, 0) is 9.53 Å². The normalized spacial score (nSPS) is 14.3. The lowest BCUT2D eigenvalue weighted by Gasteiger charge is -2.16. The summed E-state index contributed by atoms with van der Waals surface area (Å²) in [5.74, 6) is -0.481. The van der Waals surface area contributed by atoms with Crippen molar-refractivity contribution in [3.63, 3.8) is 0 Å². The van der Waals surface area contributed by atoms with Crippen molar-refractivity contribution in [2.45, 2.75) is 33.3 Å². The number of amides is 1. The number of ether oxygens (including phenoxy) is 1. The second kappa shape index (κ2) is 7.59. The van der Waals surface area contributed by atoms with E-state index in [0.717, 1.165) is 0 Å². The van der Waals surface area contributed by atoms with E-state index in [4.69, 9.17) is 22.7 Å². The van der Waals surface area contributed by atoms with Gasteiger partial charge in [-0.2, -0.15) is 0 Å². The Labute approximate surface area is 96.5 Å². The Balaban J connectivity index is 3.96. The number of rotatable bonds is 7. The van der Waals surface area contributed by atoms with Crippen LogP contribution in [0, 0.1) is 5.92 Å². The van der Waals surface area contributed by atoms with Crippen molar-refractivity contribution >= 4 is 23.1 Å². The van der Waals surface area contributed by atoms with E-state index in [2.05, 4.69) is 5.32 Å². The summed E-state index contributed by atoms with van der Waals surface area (Å²) in [5, 5.41) is 2.77. The van der Waals surface area contributed by atoms with Crippen molar-refractivity contribution in [1.29, 1.82) is 0 Å². The van der Waals surface area contributed by atoms with Crippen molar-refractivity contribution in [2.75, 3.05) is 13.2 Å². The van der Waals surface area contributed by atoms with Crippen molar-refractivity contribution in [3.05, 3.63) is 0 Å². The SMILES string of the molecule is CCOC(C)CNC(=O)C(CC)C(N)=S. The highest BCUT2D eigenvalue weighted by Gasteiger charge is 2.19. The minimum atomic E-state index is -0.367. The summed E-state index contributed by atoms with van der Waals surface area (Å²) in [7, 11) is 0. The van der Waals surface area contributed by atoms with E-state index in [1.807, 2.05) is 20.8 Å². The lowest BCUT2D eigenvalue weighted by Crippen LogP contribution is -2.40. The summed E-state index contributed by atoms with van der Waals surface area (Å²) in [5.41, 5.74) is 5.45.